The van der Waals surface area contributed by atoms with E-state index in [-0.39, 0.29) is 6.04 Å². The molecular weight excluding hydrogens is 216 g/mol. The van der Waals surface area contributed by atoms with Gasteiger partial charge >= 0.3 is 6.03 Å². The van der Waals surface area contributed by atoms with Gasteiger partial charge in [-0.1, -0.05) is 19.3 Å². The van der Waals surface area contributed by atoms with Gasteiger partial charge in [0.2, 0.25) is 5.91 Å². The Morgan fingerprint density at radius 3 is 2.53 bits per heavy atom. The Morgan fingerprint density at radius 1 is 1.53 bits per heavy atom. The summed E-state index contributed by atoms with van der Waals surface area (Å²) in [5.41, 5.74) is 0. The third kappa shape index (κ3) is 5.97. The number of terminal acetylenes is 1. The third-order valence-electron chi connectivity index (χ3n) is 1.68. The molecule has 0 heterocycles. The number of imide groups is 1. The van der Waals surface area contributed by atoms with Crippen molar-refractivity contribution in [3.63, 3.8) is 0 Å². The monoisotopic (exact) mass is 230 g/mol. The Balaban J connectivity index is 4.03. The summed E-state index contributed by atoms with van der Waals surface area (Å²) in [5.74, 6) is 1.88. The quantitative estimate of drug-likeness (QED) is 0.564. The van der Waals surface area contributed by atoms with Crippen LogP contribution in [0.1, 0.15) is 26.7 Å². The first kappa shape index (κ1) is 13.8. The Kier molecular flexibility index (Phi) is 6.56. The van der Waals surface area contributed by atoms with E-state index in [0.29, 0.717) is 6.42 Å². The number of rotatable bonds is 4. The second-order valence-corrected chi connectivity index (χ2v) is 3.74. The van der Waals surface area contributed by atoms with E-state index in [1.165, 1.54) is 6.92 Å². The summed E-state index contributed by atoms with van der Waals surface area (Å²) in [6, 6.07) is -0.961. The minimum atomic E-state index is -0.744. The lowest BCUT2D eigenvalue weighted by atomic mass is 10.2. The molecule has 0 saturated carbocycles. The standard InChI is InChI=1S/C10H15ClN2O2/c1-4-6-8(5-2)12-10(15)13-9(14)7(3)11/h2,7-8H,4,6H2,1,3H3,(H2,12,13,14,15). The molecule has 0 aromatic heterocycles. The van der Waals surface area contributed by atoms with Crippen molar-refractivity contribution >= 4 is 23.5 Å². The van der Waals surface area contributed by atoms with Crippen molar-refractivity contribution in [1.82, 2.24) is 10.6 Å². The molecular formula is C10H15ClN2O2. The van der Waals surface area contributed by atoms with Gasteiger partial charge in [-0.2, -0.15) is 0 Å². The number of nitrogens with one attached hydrogen (secondary N) is 2. The van der Waals surface area contributed by atoms with Crippen molar-refractivity contribution in [3.8, 4) is 12.3 Å². The highest BCUT2D eigenvalue weighted by molar-refractivity contribution is 6.31. The topological polar surface area (TPSA) is 58.2 Å². The summed E-state index contributed by atoms with van der Waals surface area (Å²) in [5, 5.41) is 3.83. The van der Waals surface area contributed by atoms with Crippen molar-refractivity contribution in [2.45, 2.75) is 38.1 Å². The molecule has 0 aliphatic carbocycles. The fraction of sp³-hybridized carbons (Fsp3) is 0.600. The molecule has 0 bridgehead atoms. The smallest absolute Gasteiger partial charge is 0.322 e. The summed E-state index contributed by atoms with van der Waals surface area (Å²) in [6.07, 6.45) is 6.73. The van der Waals surface area contributed by atoms with Crippen LogP contribution in [0.3, 0.4) is 0 Å². The van der Waals surface area contributed by atoms with Gasteiger partial charge in [-0.15, -0.1) is 18.0 Å². The molecule has 0 aliphatic heterocycles. The van der Waals surface area contributed by atoms with E-state index >= 15 is 0 Å². The lowest BCUT2D eigenvalue weighted by Crippen LogP contribution is -2.45. The van der Waals surface area contributed by atoms with Gasteiger partial charge in [0, 0.05) is 0 Å². The van der Waals surface area contributed by atoms with Gasteiger partial charge in [0.25, 0.3) is 0 Å². The first-order chi connectivity index (χ1) is 7.01. The molecule has 4 nitrogen and oxygen atoms in total. The lowest BCUT2D eigenvalue weighted by molar-refractivity contribution is -0.119. The van der Waals surface area contributed by atoms with E-state index in [2.05, 4.69) is 16.6 Å². The maximum atomic E-state index is 11.2. The van der Waals surface area contributed by atoms with Crippen LogP contribution in [0.15, 0.2) is 0 Å². The molecule has 2 unspecified atom stereocenters. The van der Waals surface area contributed by atoms with Crippen molar-refractivity contribution in [3.05, 3.63) is 0 Å². The number of hydrogen-bond acceptors (Lipinski definition) is 2. The van der Waals surface area contributed by atoms with E-state index in [9.17, 15) is 9.59 Å². The zero-order valence-electron chi connectivity index (χ0n) is 8.84. The maximum absolute atomic E-state index is 11.2. The second kappa shape index (κ2) is 7.13. The molecule has 15 heavy (non-hydrogen) atoms. The van der Waals surface area contributed by atoms with Crippen molar-refractivity contribution in [2.24, 2.45) is 0 Å². The van der Waals surface area contributed by atoms with Crippen LogP contribution in [0, 0.1) is 12.3 Å². The number of hydrogen-bond donors (Lipinski definition) is 2. The number of carbonyl (C=O) groups is 2. The molecule has 0 saturated heterocycles. The molecule has 0 spiro atoms. The van der Waals surface area contributed by atoms with Crippen molar-refractivity contribution < 1.29 is 9.59 Å². The number of carbonyl (C=O) groups excluding carboxylic acids is 2. The zero-order chi connectivity index (χ0) is 11.8. The average Bonchev–Trinajstić information content (AvgIpc) is 2.16. The summed E-state index contributed by atoms with van der Waals surface area (Å²) in [4.78, 5) is 22.2. The van der Waals surface area contributed by atoms with E-state index in [0.717, 1.165) is 6.42 Å². The third-order valence-corrected chi connectivity index (χ3v) is 1.88. The molecule has 0 radical (unpaired) electrons. The van der Waals surface area contributed by atoms with Crippen LogP contribution in [0.4, 0.5) is 4.79 Å². The fourth-order valence-electron chi connectivity index (χ4n) is 0.892. The largest absolute Gasteiger partial charge is 0.324 e. The minimum absolute atomic E-state index is 0.353. The summed E-state index contributed by atoms with van der Waals surface area (Å²) in [6.45, 7) is 3.44. The summed E-state index contributed by atoms with van der Waals surface area (Å²) in [7, 11) is 0. The Morgan fingerprint density at radius 2 is 2.13 bits per heavy atom. The van der Waals surface area contributed by atoms with E-state index in [1.807, 2.05) is 6.92 Å². The van der Waals surface area contributed by atoms with Crippen LogP contribution >= 0.6 is 11.6 Å². The van der Waals surface area contributed by atoms with Crippen LogP contribution in [0.25, 0.3) is 0 Å². The fourth-order valence-corrected chi connectivity index (χ4v) is 0.946. The van der Waals surface area contributed by atoms with Gasteiger partial charge < -0.3 is 5.32 Å². The lowest BCUT2D eigenvalue weighted by Gasteiger charge is -2.12. The maximum Gasteiger partial charge on any atom is 0.322 e. The summed E-state index contributed by atoms with van der Waals surface area (Å²) < 4.78 is 0. The molecule has 84 valence electrons. The van der Waals surface area contributed by atoms with E-state index < -0.39 is 17.3 Å². The second-order valence-electron chi connectivity index (χ2n) is 3.09. The predicted molar refractivity (Wildman–Crippen MR) is 59.5 cm³/mol. The molecule has 5 heteroatoms. The Labute approximate surface area is 94.7 Å². The molecule has 2 N–H and O–H groups in total. The van der Waals surface area contributed by atoms with E-state index in [1.54, 1.807) is 0 Å². The predicted octanol–water partition coefficient (Wildman–Crippen LogP) is 1.24. The van der Waals surface area contributed by atoms with Crippen LogP contribution < -0.4 is 10.6 Å². The number of halogens is 1. The highest BCUT2D eigenvalue weighted by Crippen LogP contribution is 1.95. The van der Waals surface area contributed by atoms with Gasteiger partial charge in [-0.3, -0.25) is 10.1 Å². The molecule has 0 aromatic carbocycles. The molecule has 3 amide bonds. The average molecular weight is 231 g/mol. The van der Waals surface area contributed by atoms with Crippen molar-refractivity contribution in [2.75, 3.05) is 0 Å². The number of amides is 3. The van der Waals surface area contributed by atoms with Crippen LogP contribution in [-0.4, -0.2) is 23.4 Å². The molecule has 0 aliphatic rings. The summed E-state index contributed by atoms with van der Waals surface area (Å²) >= 11 is 5.47. The molecule has 0 aromatic rings. The van der Waals surface area contributed by atoms with Gasteiger partial charge in [0.05, 0.1) is 6.04 Å². The first-order valence-corrected chi connectivity index (χ1v) is 5.16. The normalized spacial score (nSPS) is 13.5. The number of alkyl halides is 1. The van der Waals surface area contributed by atoms with Gasteiger partial charge in [-0.25, -0.2) is 4.79 Å². The minimum Gasteiger partial charge on any atom is -0.324 e. The number of urea groups is 1. The van der Waals surface area contributed by atoms with E-state index in [4.69, 9.17) is 18.0 Å². The zero-order valence-corrected chi connectivity index (χ0v) is 9.60. The van der Waals surface area contributed by atoms with Gasteiger partial charge in [0.1, 0.15) is 5.38 Å². The SMILES string of the molecule is C#CC(CCC)NC(=O)NC(=O)C(C)Cl. The Bertz CT molecular complexity index is 271. The van der Waals surface area contributed by atoms with Gasteiger partial charge in [-0.05, 0) is 13.3 Å². The molecule has 0 fully saturated rings. The van der Waals surface area contributed by atoms with Crippen LogP contribution in [0.2, 0.25) is 0 Å². The van der Waals surface area contributed by atoms with Crippen LogP contribution in [0.5, 0.6) is 0 Å². The molecule has 0 rings (SSSR count). The Hall–Kier alpha value is -1.21. The first-order valence-electron chi connectivity index (χ1n) is 4.72. The van der Waals surface area contributed by atoms with Crippen molar-refractivity contribution in [1.29, 1.82) is 0 Å². The van der Waals surface area contributed by atoms with Crippen LogP contribution in [-0.2, 0) is 4.79 Å². The highest BCUT2D eigenvalue weighted by atomic mass is 35.5. The molecule has 2 atom stereocenters. The highest BCUT2D eigenvalue weighted by Gasteiger charge is 2.14. The van der Waals surface area contributed by atoms with Gasteiger partial charge in [0.15, 0.2) is 0 Å².